The quantitative estimate of drug-likeness (QED) is 0.181. The molecule has 10 atom stereocenters. The van der Waals surface area contributed by atoms with E-state index in [1.165, 1.54) is 7.11 Å². The molecule has 0 aliphatic carbocycles. The summed E-state index contributed by atoms with van der Waals surface area (Å²) < 4.78 is 69.5. The molecule has 3 aliphatic rings. The monoisotopic (exact) mass is 470 g/mol. The predicted molar refractivity (Wildman–Crippen MR) is 83.4 cm³/mol. The number of hydrogen-bond acceptors (Lipinski definition) is 13. The molecule has 13 nitrogen and oxygen atoms in total. The number of ether oxygens (including phenoxy) is 6. The molecule has 10 unspecified atom stereocenters. The van der Waals surface area contributed by atoms with E-state index in [4.69, 9.17) is 28.4 Å². The molecule has 3 heterocycles. The minimum Gasteiger partial charge on any atom is -0.726 e. The smallest absolute Gasteiger partial charge is 0.726 e. The molecule has 0 saturated carbocycles. The Kier molecular flexibility index (Phi) is 9.87. The van der Waals surface area contributed by atoms with Crippen LogP contribution in [-0.4, -0.2) is 117 Å². The van der Waals surface area contributed by atoms with E-state index >= 15 is 0 Å². The molecule has 164 valence electrons. The van der Waals surface area contributed by atoms with Crippen molar-refractivity contribution in [1.29, 1.82) is 0 Å². The Labute approximate surface area is 209 Å². The van der Waals surface area contributed by atoms with Gasteiger partial charge in [-0.15, -0.1) is 0 Å². The van der Waals surface area contributed by atoms with Crippen LogP contribution < -0.4 is 51.4 Å². The van der Waals surface area contributed by atoms with Gasteiger partial charge in [-0.2, -0.15) is 0 Å². The second-order valence-corrected chi connectivity index (χ2v) is 7.56. The van der Waals surface area contributed by atoms with Crippen LogP contribution in [-0.2, 0) is 43.0 Å². The maximum Gasteiger partial charge on any atom is 1.00 e. The summed E-state index contributed by atoms with van der Waals surface area (Å²) in [6, 6.07) is 0. The van der Waals surface area contributed by atoms with Crippen LogP contribution in [0.1, 0.15) is 0 Å². The Morgan fingerprint density at radius 2 is 1.72 bits per heavy atom. The van der Waals surface area contributed by atoms with E-state index in [-0.39, 0.29) is 58.0 Å². The van der Waals surface area contributed by atoms with Gasteiger partial charge in [-0.3, -0.25) is 4.18 Å². The number of aliphatic hydroxyl groups is 3. The van der Waals surface area contributed by atoms with Crippen LogP contribution in [0.2, 0.25) is 0 Å². The van der Waals surface area contributed by atoms with Crippen molar-refractivity contribution in [2.45, 2.75) is 61.4 Å². The Balaban J connectivity index is 0.00000300. The number of rotatable bonds is 7. The standard InChI is InChI=1S/C14H24O13S.K/c1-21-11-7(16)14(24-5(3-15)10(11)27-28(18,19)20)26-9-6-4-23-12(9)8(17)13(22-2)25-6;/h5-17H,3-4H2,1-2H3,(H,18,19,20);/q;+1/p-1. The largest absolute Gasteiger partial charge is 1.00 e. The minimum absolute atomic E-state index is 0. The van der Waals surface area contributed by atoms with Gasteiger partial charge in [0.25, 0.3) is 0 Å². The molecule has 3 aliphatic heterocycles. The average Bonchev–Trinajstić information content (AvgIpc) is 2.94. The molecule has 3 fully saturated rings. The van der Waals surface area contributed by atoms with Crippen LogP contribution in [0, 0.1) is 0 Å². The van der Waals surface area contributed by atoms with Crippen molar-refractivity contribution in [3.05, 3.63) is 0 Å². The van der Waals surface area contributed by atoms with E-state index in [0.29, 0.717) is 0 Å². The molecule has 29 heavy (non-hydrogen) atoms. The Morgan fingerprint density at radius 1 is 1.03 bits per heavy atom. The summed E-state index contributed by atoms with van der Waals surface area (Å²) in [5.41, 5.74) is 0. The van der Waals surface area contributed by atoms with Gasteiger partial charge in [0.1, 0.15) is 48.8 Å². The summed E-state index contributed by atoms with van der Waals surface area (Å²) in [5, 5.41) is 30.2. The van der Waals surface area contributed by atoms with E-state index in [9.17, 15) is 28.3 Å². The fourth-order valence-electron chi connectivity index (χ4n) is 3.62. The Hall–Kier alpha value is 1.15. The van der Waals surface area contributed by atoms with Crippen LogP contribution in [0.15, 0.2) is 0 Å². The van der Waals surface area contributed by atoms with E-state index in [0.717, 1.165) is 7.11 Å². The van der Waals surface area contributed by atoms with E-state index in [1.54, 1.807) is 0 Å². The second-order valence-electron chi connectivity index (χ2n) is 6.55. The van der Waals surface area contributed by atoms with Gasteiger partial charge in [-0.1, -0.05) is 0 Å². The molecule has 3 N–H and O–H groups in total. The zero-order valence-electron chi connectivity index (χ0n) is 16.0. The third kappa shape index (κ3) is 5.74. The minimum atomic E-state index is -5.16. The molecule has 2 bridgehead atoms. The van der Waals surface area contributed by atoms with Crippen molar-refractivity contribution in [3.63, 3.8) is 0 Å². The van der Waals surface area contributed by atoms with E-state index < -0.39 is 78.4 Å². The SMILES string of the molecule is COC1OC2COC(C1O)C2OC1OC(CO)C(OS(=O)(=O)[O-])C(OC)C1O.[K+]. The molecule has 0 amide bonds. The molecule has 0 aromatic heterocycles. The number of aliphatic hydroxyl groups excluding tert-OH is 3. The molecule has 0 aromatic carbocycles. The first-order valence-corrected chi connectivity index (χ1v) is 9.78. The molecule has 0 radical (unpaired) electrons. The van der Waals surface area contributed by atoms with Crippen LogP contribution in [0.4, 0.5) is 0 Å². The van der Waals surface area contributed by atoms with E-state index in [1.807, 2.05) is 0 Å². The Bertz CT molecular complexity index is 635. The Morgan fingerprint density at radius 3 is 2.28 bits per heavy atom. The number of fused-ring (bicyclic) bond motifs is 2. The van der Waals surface area contributed by atoms with Crippen molar-refractivity contribution in [2.75, 3.05) is 27.4 Å². The molecule has 0 spiro atoms. The van der Waals surface area contributed by atoms with Crippen molar-refractivity contribution in [2.24, 2.45) is 0 Å². The molecular formula is C14H23KO13S. The van der Waals surface area contributed by atoms with E-state index in [2.05, 4.69) is 4.18 Å². The van der Waals surface area contributed by atoms with Gasteiger partial charge in [0.05, 0.1) is 13.2 Å². The van der Waals surface area contributed by atoms with Crippen molar-refractivity contribution in [3.8, 4) is 0 Å². The van der Waals surface area contributed by atoms with Gasteiger partial charge in [-0.05, 0) is 0 Å². The average molecular weight is 470 g/mol. The first kappa shape index (κ1) is 26.4. The summed E-state index contributed by atoms with van der Waals surface area (Å²) in [4.78, 5) is 0. The van der Waals surface area contributed by atoms with Gasteiger partial charge in [0.2, 0.25) is 10.4 Å². The maximum atomic E-state index is 11.0. The molecule has 0 aromatic rings. The number of methoxy groups -OCH3 is 2. The summed E-state index contributed by atoms with van der Waals surface area (Å²) in [7, 11) is -2.64. The van der Waals surface area contributed by atoms with Crippen LogP contribution in [0.25, 0.3) is 0 Å². The van der Waals surface area contributed by atoms with Gasteiger partial charge in [0, 0.05) is 14.2 Å². The molecular weight excluding hydrogens is 447 g/mol. The summed E-state index contributed by atoms with van der Waals surface area (Å²) >= 11 is 0. The fraction of sp³-hybridized carbons (Fsp3) is 1.00. The third-order valence-electron chi connectivity index (χ3n) is 4.89. The van der Waals surface area contributed by atoms with Crippen molar-refractivity contribution >= 4 is 10.4 Å². The third-order valence-corrected chi connectivity index (χ3v) is 5.34. The van der Waals surface area contributed by atoms with Gasteiger partial charge in [-0.25, -0.2) is 8.42 Å². The van der Waals surface area contributed by atoms with Gasteiger partial charge >= 0.3 is 51.4 Å². The van der Waals surface area contributed by atoms with Crippen molar-refractivity contribution in [1.82, 2.24) is 0 Å². The maximum absolute atomic E-state index is 11.0. The van der Waals surface area contributed by atoms with Crippen LogP contribution in [0.3, 0.4) is 0 Å². The van der Waals surface area contributed by atoms with Crippen molar-refractivity contribution < 1.29 is 112 Å². The molecule has 3 rings (SSSR count). The van der Waals surface area contributed by atoms with Gasteiger partial charge < -0.3 is 48.3 Å². The first-order valence-electron chi connectivity index (χ1n) is 8.44. The summed E-state index contributed by atoms with van der Waals surface area (Å²) in [5.74, 6) is 0. The topological polar surface area (TPSA) is 182 Å². The summed E-state index contributed by atoms with van der Waals surface area (Å²) in [6.45, 7) is -0.641. The number of hydrogen-bond donors (Lipinski definition) is 3. The summed E-state index contributed by atoms with van der Waals surface area (Å²) in [6.07, 6.45) is -11.7. The zero-order chi connectivity index (χ0) is 20.6. The van der Waals surface area contributed by atoms with Crippen LogP contribution in [0.5, 0.6) is 0 Å². The van der Waals surface area contributed by atoms with Crippen LogP contribution >= 0.6 is 0 Å². The zero-order valence-corrected chi connectivity index (χ0v) is 20.0. The molecule has 3 saturated heterocycles. The van der Waals surface area contributed by atoms with Gasteiger partial charge in [0.15, 0.2) is 12.6 Å². The fourth-order valence-corrected chi connectivity index (χ4v) is 4.12. The second kappa shape index (κ2) is 10.8. The molecule has 15 heteroatoms. The predicted octanol–water partition coefficient (Wildman–Crippen LogP) is -6.55. The first-order chi connectivity index (χ1) is 13.2. The normalized spacial score (nSPS) is 45.0.